The minimum atomic E-state index is -0.614. The van der Waals surface area contributed by atoms with Gasteiger partial charge >= 0.3 is 0 Å². The highest BCUT2D eigenvalue weighted by Crippen LogP contribution is 2.28. The second-order valence-electron chi connectivity index (χ2n) is 3.45. The summed E-state index contributed by atoms with van der Waals surface area (Å²) < 4.78 is 18.8. The monoisotopic (exact) mass is 271 g/mol. The lowest BCUT2D eigenvalue weighted by atomic mass is 10.2. The Morgan fingerprint density at radius 3 is 2.65 bits per heavy atom. The van der Waals surface area contributed by atoms with Crippen molar-refractivity contribution in [3.8, 4) is 11.6 Å². The third-order valence-corrected chi connectivity index (χ3v) is 2.57. The van der Waals surface area contributed by atoms with Crippen molar-refractivity contribution in [1.29, 1.82) is 0 Å². The second kappa shape index (κ2) is 4.90. The molecule has 0 aliphatic carbocycles. The molecule has 1 aromatic carbocycles. The van der Waals surface area contributed by atoms with Crippen LogP contribution in [0.25, 0.3) is 0 Å². The van der Waals surface area contributed by atoms with Crippen molar-refractivity contribution in [2.75, 3.05) is 0 Å². The van der Waals surface area contributed by atoms with Gasteiger partial charge < -0.3 is 4.74 Å². The van der Waals surface area contributed by atoms with Crippen LogP contribution >= 0.6 is 23.2 Å². The molecular weight excluding hydrogens is 264 g/mol. The lowest BCUT2D eigenvalue weighted by Crippen LogP contribution is -1.93. The average molecular weight is 272 g/mol. The molecule has 2 rings (SSSR count). The third-order valence-electron chi connectivity index (χ3n) is 2.13. The number of hydrogen-bond donors (Lipinski definition) is 0. The first-order valence-corrected chi connectivity index (χ1v) is 5.57. The van der Waals surface area contributed by atoms with Crippen LogP contribution in [0.3, 0.4) is 0 Å². The van der Waals surface area contributed by atoms with Gasteiger partial charge in [-0.1, -0.05) is 29.3 Å². The fraction of sp³-hybridized carbons (Fsp3) is 0.0833. The predicted octanol–water partition coefficient (Wildman–Crippen LogP) is 4.63. The van der Waals surface area contributed by atoms with Gasteiger partial charge in [0.2, 0.25) is 0 Å². The van der Waals surface area contributed by atoms with Crippen LogP contribution in [0.4, 0.5) is 4.39 Å². The van der Waals surface area contributed by atoms with E-state index in [0.717, 1.165) is 11.6 Å². The number of ether oxygens (including phenoxy) is 1. The van der Waals surface area contributed by atoms with Crippen LogP contribution in [-0.4, -0.2) is 4.98 Å². The molecule has 0 N–H and O–H groups in total. The Morgan fingerprint density at radius 2 is 1.94 bits per heavy atom. The molecule has 0 aliphatic heterocycles. The Balaban J connectivity index is 2.34. The van der Waals surface area contributed by atoms with Gasteiger partial charge in [0.25, 0.3) is 5.88 Å². The zero-order valence-corrected chi connectivity index (χ0v) is 10.4. The summed E-state index contributed by atoms with van der Waals surface area (Å²) in [6, 6.07) is 6.26. The van der Waals surface area contributed by atoms with Crippen LogP contribution in [0, 0.1) is 12.7 Å². The summed E-state index contributed by atoms with van der Waals surface area (Å²) in [6.07, 6.45) is 1.32. The molecule has 0 spiro atoms. The van der Waals surface area contributed by atoms with E-state index in [1.54, 1.807) is 18.2 Å². The first-order chi connectivity index (χ1) is 8.06. The number of pyridine rings is 1. The van der Waals surface area contributed by atoms with E-state index in [-0.39, 0.29) is 10.9 Å². The Bertz CT molecular complexity index is 560. The number of aryl methyl sites for hydroxylation is 1. The lowest BCUT2D eigenvalue weighted by molar-refractivity contribution is 0.420. The van der Waals surface area contributed by atoms with Gasteiger partial charge in [0.05, 0.1) is 5.02 Å². The van der Waals surface area contributed by atoms with Crippen molar-refractivity contribution in [3.63, 3.8) is 0 Å². The molecule has 0 aliphatic rings. The molecule has 5 heteroatoms. The van der Waals surface area contributed by atoms with Crippen molar-refractivity contribution in [3.05, 3.63) is 51.9 Å². The largest absolute Gasteiger partial charge is 0.436 e. The molecule has 0 radical (unpaired) electrons. The number of hydrogen-bond acceptors (Lipinski definition) is 2. The normalized spacial score (nSPS) is 10.4. The van der Waals surface area contributed by atoms with Crippen LogP contribution in [0.2, 0.25) is 10.0 Å². The van der Waals surface area contributed by atoms with Crippen LogP contribution < -0.4 is 4.74 Å². The number of rotatable bonds is 2. The second-order valence-corrected chi connectivity index (χ2v) is 4.33. The van der Waals surface area contributed by atoms with E-state index in [2.05, 4.69) is 4.98 Å². The molecule has 0 saturated heterocycles. The number of halogens is 3. The van der Waals surface area contributed by atoms with Crippen molar-refractivity contribution in [1.82, 2.24) is 4.98 Å². The SMILES string of the molecule is Cc1ccc(Cl)cc1Oc1ncc(Cl)cc1F. The molecule has 0 saturated carbocycles. The van der Waals surface area contributed by atoms with E-state index < -0.39 is 5.82 Å². The summed E-state index contributed by atoms with van der Waals surface area (Å²) >= 11 is 11.4. The maximum Gasteiger partial charge on any atom is 0.255 e. The van der Waals surface area contributed by atoms with E-state index in [4.69, 9.17) is 27.9 Å². The van der Waals surface area contributed by atoms with E-state index in [0.29, 0.717) is 10.8 Å². The maximum absolute atomic E-state index is 13.5. The smallest absolute Gasteiger partial charge is 0.255 e. The van der Waals surface area contributed by atoms with Crippen LogP contribution in [0.1, 0.15) is 5.56 Å². The molecular formula is C12H8Cl2FNO. The van der Waals surface area contributed by atoms with Crippen molar-refractivity contribution < 1.29 is 9.13 Å². The summed E-state index contributed by atoms with van der Waals surface area (Å²) in [4.78, 5) is 3.77. The molecule has 0 fully saturated rings. The molecule has 17 heavy (non-hydrogen) atoms. The number of aromatic nitrogens is 1. The fourth-order valence-corrected chi connectivity index (χ4v) is 1.57. The van der Waals surface area contributed by atoms with E-state index >= 15 is 0 Å². The van der Waals surface area contributed by atoms with Crippen LogP contribution in [0.15, 0.2) is 30.5 Å². The molecule has 88 valence electrons. The van der Waals surface area contributed by atoms with E-state index in [9.17, 15) is 4.39 Å². The van der Waals surface area contributed by atoms with Gasteiger partial charge in [-0.15, -0.1) is 0 Å². The third kappa shape index (κ3) is 2.87. The summed E-state index contributed by atoms with van der Waals surface area (Å²) in [5.41, 5.74) is 0.838. The van der Waals surface area contributed by atoms with Gasteiger partial charge in [-0.05, 0) is 30.7 Å². The maximum atomic E-state index is 13.5. The minimum Gasteiger partial charge on any atom is -0.436 e. The quantitative estimate of drug-likeness (QED) is 0.795. The molecule has 0 bridgehead atoms. The lowest BCUT2D eigenvalue weighted by Gasteiger charge is -2.08. The highest BCUT2D eigenvalue weighted by atomic mass is 35.5. The minimum absolute atomic E-state index is 0.125. The molecule has 1 aromatic heterocycles. The standard InChI is InChI=1S/C12H8Cl2FNO/c1-7-2-3-8(13)5-11(7)17-12-10(15)4-9(14)6-16-12/h2-6H,1H3. The summed E-state index contributed by atoms with van der Waals surface area (Å²) in [7, 11) is 0. The van der Waals surface area contributed by atoms with Crippen LogP contribution in [0.5, 0.6) is 11.6 Å². The van der Waals surface area contributed by atoms with Gasteiger partial charge in [-0.2, -0.15) is 0 Å². The fourth-order valence-electron chi connectivity index (χ4n) is 1.27. The zero-order valence-electron chi connectivity index (χ0n) is 8.88. The van der Waals surface area contributed by atoms with Gasteiger partial charge in [-0.3, -0.25) is 0 Å². The Labute approximate surface area is 108 Å². The topological polar surface area (TPSA) is 22.1 Å². The first-order valence-electron chi connectivity index (χ1n) is 4.81. The molecule has 0 amide bonds. The van der Waals surface area contributed by atoms with Gasteiger partial charge in [0.1, 0.15) is 5.75 Å². The highest BCUT2D eigenvalue weighted by Gasteiger charge is 2.09. The highest BCUT2D eigenvalue weighted by molar-refractivity contribution is 6.30. The summed E-state index contributed by atoms with van der Waals surface area (Å²) in [5, 5.41) is 0.734. The van der Waals surface area contributed by atoms with Crippen molar-refractivity contribution >= 4 is 23.2 Å². The van der Waals surface area contributed by atoms with E-state index in [1.165, 1.54) is 6.20 Å². The van der Waals surface area contributed by atoms with Crippen molar-refractivity contribution in [2.45, 2.75) is 6.92 Å². The molecule has 0 unspecified atom stereocenters. The first kappa shape index (κ1) is 12.1. The molecule has 1 heterocycles. The Kier molecular flexibility index (Phi) is 3.50. The van der Waals surface area contributed by atoms with Gasteiger partial charge in [0.15, 0.2) is 5.82 Å². The van der Waals surface area contributed by atoms with Gasteiger partial charge in [0, 0.05) is 11.2 Å². The molecule has 2 nitrogen and oxygen atoms in total. The van der Waals surface area contributed by atoms with Crippen molar-refractivity contribution in [2.24, 2.45) is 0 Å². The Morgan fingerprint density at radius 1 is 1.18 bits per heavy atom. The average Bonchev–Trinajstić information content (AvgIpc) is 2.27. The summed E-state index contributed by atoms with van der Waals surface area (Å²) in [6.45, 7) is 1.83. The Hall–Kier alpha value is -1.32. The van der Waals surface area contributed by atoms with Gasteiger partial charge in [-0.25, -0.2) is 9.37 Å². The zero-order chi connectivity index (χ0) is 12.4. The number of benzene rings is 1. The molecule has 2 aromatic rings. The predicted molar refractivity (Wildman–Crippen MR) is 65.5 cm³/mol. The molecule has 0 atom stereocenters. The number of nitrogens with zero attached hydrogens (tertiary/aromatic N) is 1. The summed E-state index contributed by atoms with van der Waals surface area (Å²) in [5.74, 6) is -0.275. The van der Waals surface area contributed by atoms with E-state index in [1.807, 2.05) is 6.92 Å². The van der Waals surface area contributed by atoms with Crippen LogP contribution in [-0.2, 0) is 0 Å².